The minimum absolute atomic E-state index is 0.0968. The number of hydrogen-bond donors (Lipinski definition) is 0. The average molecular weight is 280 g/mol. The van der Waals surface area contributed by atoms with Crippen molar-refractivity contribution in [2.45, 2.75) is 38.8 Å². The third kappa shape index (κ3) is 6.99. The number of hydrogen-bond acceptors (Lipinski definition) is 7. The first-order valence-electron chi connectivity index (χ1n) is 5.62. The van der Waals surface area contributed by atoms with E-state index in [0.717, 1.165) is 0 Å². The van der Waals surface area contributed by atoms with Gasteiger partial charge in [-0.05, 0) is 0 Å². The lowest BCUT2D eigenvalue weighted by Gasteiger charge is -2.17. The summed E-state index contributed by atoms with van der Waals surface area (Å²) in [5.74, 6) is 0. The fourth-order valence-electron chi connectivity index (χ4n) is 0.840. The molecule has 0 aromatic rings. The van der Waals surface area contributed by atoms with Crippen LogP contribution >= 0.6 is 0 Å². The van der Waals surface area contributed by atoms with Gasteiger partial charge in [0.05, 0.1) is 0 Å². The molecule has 0 saturated heterocycles. The Morgan fingerprint density at radius 2 is 1.11 bits per heavy atom. The molecule has 0 heterocycles. The van der Waals surface area contributed by atoms with Gasteiger partial charge in [0.15, 0.2) is 0 Å². The SMILES string of the molecule is CC(C)(COCOCOCC(C)(C)[N+](=O)[O-])[N+](=O)[O-]. The van der Waals surface area contributed by atoms with Crippen molar-refractivity contribution in [3.05, 3.63) is 20.2 Å². The topological polar surface area (TPSA) is 114 Å². The third-order valence-electron chi connectivity index (χ3n) is 2.23. The molecular formula is C10H20N2O7. The van der Waals surface area contributed by atoms with Crippen LogP contribution < -0.4 is 0 Å². The number of ether oxygens (including phenoxy) is 3. The quantitative estimate of drug-likeness (QED) is 0.254. The number of rotatable bonds is 10. The van der Waals surface area contributed by atoms with E-state index in [-0.39, 0.29) is 26.8 Å². The highest BCUT2D eigenvalue weighted by atomic mass is 16.7. The Labute approximate surface area is 111 Å². The molecule has 0 unspecified atom stereocenters. The number of nitrogens with zero attached hydrogens (tertiary/aromatic N) is 2. The predicted octanol–water partition coefficient (Wildman–Crippen LogP) is 1.06. The van der Waals surface area contributed by atoms with Crippen LogP contribution in [0, 0.1) is 20.2 Å². The largest absolute Gasteiger partial charge is 0.348 e. The van der Waals surface area contributed by atoms with Gasteiger partial charge in [-0.2, -0.15) is 0 Å². The Morgan fingerprint density at radius 1 is 0.789 bits per heavy atom. The summed E-state index contributed by atoms with van der Waals surface area (Å²) in [5.41, 5.74) is -2.37. The first-order chi connectivity index (χ1) is 8.59. The summed E-state index contributed by atoms with van der Waals surface area (Å²) in [6.45, 7) is 5.20. The van der Waals surface area contributed by atoms with E-state index in [2.05, 4.69) is 0 Å². The lowest BCUT2D eigenvalue weighted by atomic mass is 10.1. The molecule has 0 fully saturated rings. The Bertz CT molecular complexity index is 287. The molecule has 9 nitrogen and oxygen atoms in total. The van der Waals surface area contributed by atoms with Gasteiger partial charge in [0.1, 0.15) is 26.8 Å². The maximum Gasteiger partial charge on any atom is 0.239 e. The van der Waals surface area contributed by atoms with E-state index in [9.17, 15) is 20.2 Å². The van der Waals surface area contributed by atoms with Crippen molar-refractivity contribution in [2.24, 2.45) is 0 Å². The molecule has 0 aromatic heterocycles. The van der Waals surface area contributed by atoms with Crippen LogP contribution in [0.25, 0.3) is 0 Å². The van der Waals surface area contributed by atoms with Gasteiger partial charge >= 0.3 is 0 Å². The highest BCUT2D eigenvalue weighted by molar-refractivity contribution is 4.65. The summed E-state index contributed by atoms with van der Waals surface area (Å²) >= 11 is 0. The fraction of sp³-hybridized carbons (Fsp3) is 1.00. The average Bonchev–Trinajstić information content (AvgIpc) is 2.27. The Kier molecular flexibility index (Phi) is 6.81. The predicted molar refractivity (Wildman–Crippen MR) is 64.9 cm³/mol. The highest BCUT2D eigenvalue weighted by Gasteiger charge is 2.31. The molecule has 0 aliphatic heterocycles. The van der Waals surface area contributed by atoms with E-state index < -0.39 is 20.9 Å². The van der Waals surface area contributed by atoms with Crippen LogP contribution in [0.4, 0.5) is 0 Å². The van der Waals surface area contributed by atoms with Crippen LogP contribution in [-0.2, 0) is 14.2 Å². The van der Waals surface area contributed by atoms with Crippen LogP contribution in [0.15, 0.2) is 0 Å². The normalized spacial score (nSPS) is 12.4. The van der Waals surface area contributed by atoms with E-state index in [1.54, 1.807) is 0 Å². The molecule has 0 rings (SSSR count). The summed E-state index contributed by atoms with van der Waals surface area (Å²) in [5, 5.41) is 21.1. The third-order valence-corrected chi connectivity index (χ3v) is 2.23. The summed E-state index contributed by atoms with van der Waals surface area (Å²) in [6.07, 6.45) is 0. The summed E-state index contributed by atoms with van der Waals surface area (Å²) in [4.78, 5) is 20.2. The summed E-state index contributed by atoms with van der Waals surface area (Å²) in [6, 6.07) is 0. The highest BCUT2D eigenvalue weighted by Crippen LogP contribution is 2.08. The van der Waals surface area contributed by atoms with Crippen molar-refractivity contribution >= 4 is 0 Å². The molecule has 19 heavy (non-hydrogen) atoms. The molecule has 0 amide bonds. The van der Waals surface area contributed by atoms with E-state index in [4.69, 9.17) is 14.2 Å². The number of nitro groups is 2. The standard InChI is InChI=1S/C10H20N2O7/c1-9(2,11(13)14)5-17-7-19-8-18-6-10(3,4)12(15)16/h5-8H2,1-4H3. The zero-order valence-electron chi connectivity index (χ0n) is 11.6. The maximum absolute atomic E-state index is 10.6. The second kappa shape index (κ2) is 7.31. The summed E-state index contributed by atoms with van der Waals surface area (Å²) in [7, 11) is 0. The van der Waals surface area contributed by atoms with Gasteiger partial charge < -0.3 is 14.2 Å². The van der Waals surface area contributed by atoms with E-state index in [0.29, 0.717) is 0 Å². The van der Waals surface area contributed by atoms with Gasteiger partial charge in [-0.25, -0.2) is 0 Å². The van der Waals surface area contributed by atoms with E-state index in [1.807, 2.05) is 0 Å². The fourth-order valence-corrected chi connectivity index (χ4v) is 0.840. The lowest BCUT2D eigenvalue weighted by molar-refractivity contribution is -0.566. The van der Waals surface area contributed by atoms with Gasteiger partial charge in [-0.1, -0.05) is 0 Å². The molecular weight excluding hydrogens is 260 g/mol. The Morgan fingerprint density at radius 3 is 1.37 bits per heavy atom. The van der Waals surface area contributed by atoms with Gasteiger partial charge in [0.25, 0.3) is 0 Å². The first kappa shape index (κ1) is 17.7. The smallest absolute Gasteiger partial charge is 0.239 e. The van der Waals surface area contributed by atoms with Crippen molar-refractivity contribution < 1.29 is 24.1 Å². The zero-order valence-corrected chi connectivity index (χ0v) is 11.6. The van der Waals surface area contributed by atoms with E-state index in [1.165, 1.54) is 27.7 Å². The molecule has 0 saturated carbocycles. The molecule has 0 spiro atoms. The van der Waals surface area contributed by atoms with Crippen LogP contribution in [0.3, 0.4) is 0 Å². The Balaban J connectivity index is 3.63. The molecule has 0 aliphatic rings. The molecule has 0 atom stereocenters. The molecule has 9 heteroatoms. The summed E-state index contributed by atoms with van der Waals surface area (Å²) < 4.78 is 14.8. The molecule has 0 radical (unpaired) electrons. The van der Waals surface area contributed by atoms with Crippen LogP contribution in [0.5, 0.6) is 0 Å². The second-order valence-electron chi connectivity index (χ2n) is 5.28. The molecule has 0 bridgehead atoms. The zero-order chi connectivity index (χ0) is 15.1. The molecule has 0 aromatic carbocycles. The van der Waals surface area contributed by atoms with Crippen LogP contribution in [0.2, 0.25) is 0 Å². The van der Waals surface area contributed by atoms with Gasteiger partial charge in [0, 0.05) is 37.5 Å². The van der Waals surface area contributed by atoms with Crippen molar-refractivity contribution in [3.8, 4) is 0 Å². The minimum Gasteiger partial charge on any atom is -0.348 e. The van der Waals surface area contributed by atoms with Crippen molar-refractivity contribution in [2.75, 3.05) is 26.8 Å². The Hall–Kier alpha value is -1.32. The molecule has 0 aliphatic carbocycles. The molecule has 112 valence electrons. The van der Waals surface area contributed by atoms with Crippen LogP contribution in [0.1, 0.15) is 27.7 Å². The minimum atomic E-state index is -1.18. The second-order valence-corrected chi connectivity index (χ2v) is 5.28. The van der Waals surface area contributed by atoms with Crippen LogP contribution in [-0.4, -0.2) is 47.7 Å². The van der Waals surface area contributed by atoms with Gasteiger partial charge in [0.2, 0.25) is 11.1 Å². The lowest BCUT2D eigenvalue weighted by Crippen LogP contribution is -2.37. The molecule has 0 N–H and O–H groups in total. The van der Waals surface area contributed by atoms with Crippen molar-refractivity contribution in [1.82, 2.24) is 0 Å². The van der Waals surface area contributed by atoms with Gasteiger partial charge in [-0.15, -0.1) is 0 Å². The maximum atomic E-state index is 10.6. The first-order valence-corrected chi connectivity index (χ1v) is 5.62. The van der Waals surface area contributed by atoms with Gasteiger partial charge in [-0.3, -0.25) is 20.2 Å². The van der Waals surface area contributed by atoms with E-state index >= 15 is 0 Å². The monoisotopic (exact) mass is 280 g/mol. The van der Waals surface area contributed by atoms with Crippen molar-refractivity contribution in [1.29, 1.82) is 0 Å². The van der Waals surface area contributed by atoms with Crippen molar-refractivity contribution in [3.63, 3.8) is 0 Å².